The van der Waals surface area contributed by atoms with Crippen molar-refractivity contribution in [3.63, 3.8) is 0 Å². The van der Waals surface area contributed by atoms with Crippen molar-refractivity contribution in [3.8, 4) is 0 Å². The van der Waals surface area contributed by atoms with Gasteiger partial charge in [-0.2, -0.15) is 10.1 Å². The summed E-state index contributed by atoms with van der Waals surface area (Å²) in [5.41, 5.74) is 1.25. The van der Waals surface area contributed by atoms with Crippen LogP contribution in [0, 0.1) is 6.92 Å². The third kappa shape index (κ3) is 3.45. The van der Waals surface area contributed by atoms with E-state index in [1.54, 1.807) is 0 Å². The van der Waals surface area contributed by atoms with Gasteiger partial charge in [0.15, 0.2) is 5.82 Å². The van der Waals surface area contributed by atoms with Gasteiger partial charge >= 0.3 is 0 Å². The minimum absolute atomic E-state index is 0.000508. The molecule has 1 fully saturated rings. The highest BCUT2D eigenvalue weighted by Gasteiger charge is 2.33. The zero-order valence-electron chi connectivity index (χ0n) is 15.7. The first-order chi connectivity index (χ1) is 11.8. The number of carbonyl (C=O) groups is 1. The molecule has 2 aromatic heterocycles. The Balaban J connectivity index is 1.90. The van der Waals surface area contributed by atoms with Gasteiger partial charge in [0.1, 0.15) is 0 Å². The van der Waals surface area contributed by atoms with Gasteiger partial charge in [-0.05, 0) is 47.0 Å². The standard InChI is InChI=1S/C18H27N5O2/c1-6-15-19-16(21-25-15)14-9-7-8-10-22(14)17(24)13-11-23(18(3,4)5)20-12(13)2/h11,14H,6-10H2,1-5H3. The molecule has 0 saturated carbocycles. The average molecular weight is 345 g/mol. The van der Waals surface area contributed by atoms with Crippen LogP contribution in [-0.4, -0.2) is 37.3 Å². The highest BCUT2D eigenvalue weighted by atomic mass is 16.5. The molecular formula is C18H27N5O2. The van der Waals surface area contributed by atoms with Crippen LogP contribution in [0.15, 0.2) is 10.7 Å². The third-order valence-electron chi connectivity index (χ3n) is 4.66. The van der Waals surface area contributed by atoms with E-state index in [0.29, 0.717) is 30.2 Å². The van der Waals surface area contributed by atoms with Gasteiger partial charge in [0.25, 0.3) is 5.91 Å². The SMILES string of the molecule is CCc1nc(C2CCCCN2C(=O)c2cn(C(C)(C)C)nc2C)no1. The molecule has 0 spiro atoms. The Labute approximate surface area is 148 Å². The molecule has 0 bridgehead atoms. The summed E-state index contributed by atoms with van der Waals surface area (Å²) in [5.74, 6) is 1.23. The van der Waals surface area contributed by atoms with Crippen molar-refractivity contribution >= 4 is 5.91 Å². The van der Waals surface area contributed by atoms with Gasteiger partial charge in [-0.1, -0.05) is 12.1 Å². The number of amides is 1. The Bertz CT molecular complexity index is 756. The Morgan fingerprint density at radius 2 is 2.12 bits per heavy atom. The quantitative estimate of drug-likeness (QED) is 0.853. The number of aryl methyl sites for hydroxylation is 2. The smallest absolute Gasteiger partial charge is 0.257 e. The van der Waals surface area contributed by atoms with Crippen LogP contribution in [-0.2, 0) is 12.0 Å². The average Bonchev–Trinajstić information content (AvgIpc) is 3.20. The molecular weight excluding hydrogens is 318 g/mol. The first kappa shape index (κ1) is 17.6. The van der Waals surface area contributed by atoms with E-state index in [9.17, 15) is 4.79 Å². The van der Waals surface area contributed by atoms with Crippen LogP contribution < -0.4 is 0 Å². The van der Waals surface area contributed by atoms with Crippen LogP contribution in [0.3, 0.4) is 0 Å². The van der Waals surface area contributed by atoms with Gasteiger partial charge < -0.3 is 9.42 Å². The summed E-state index contributed by atoms with van der Waals surface area (Å²) in [6.07, 6.45) is 5.47. The maximum absolute atomic E-state index is 13.2. The fourth-order valence-electron chi connectivity index (χ4n) is 3.16. The summed E-state index contributed by atoms with van der Waals surface area (Å²) in [6.45, 7) is 10.8. The van der Waals surface area contributed by atoms with Gasteiger partial charge in [0, 0.05) is 19.2 Å². The zero-order valence-corrected chi connectivity index (χ0v) is 15.7. The first-order valence-corrected chi connectivity index (χ1v) is 9.01. The number of rotatable bonds is 3. The van der Waals surface area contributed by atoms with Crippen molar-refractivity contribution in [2.24, 2.45) is 0 Å². The van der Waals surface area contributed by atoms with Crippen LogP contribution in [0.5, 0.6) is 0 Å². The van der Waals surface area contributed by atoms with Gasteiger partial charge in [0.05, 0.1) is 22.8 Å². The van der Waals surface area contributed by atoms with Crippen molar-refractivity contribution in [1.82, 2.24) is 24.8 Å². The normalized spacial score (nSPS) is 18.6. The lowest BCUT2D eigenvalue weighted by Crippen LogP contribution is -2.39. The Kier molecular flexibility index (Phi) is 4.67. The highest BCUT2D eigenvalue weighted by Crippen LogP contribution is 2.31. The molecule has 0 aromatic carbocycles. The largest absolute Gasteiger partial charge is 0.339 e. The Hall–Kier alpha value is -2.18. The molecule has 1 aliphatic rings. The predicted molar refractivity (Wildman–Crippen MR) is 93.3 cm³/mol. The summed E-state index contributed by atoms with van der Waals surface area (Å²) in [5, 5.41) is 8.64. The van der Waals surface area contributed by atoms with E-state index in [2.05, 4.69) is 36.0 Å². The van der Waals surface area contributed by atoms with E-state index in [1.165, 1.54) is 0 Å². The monoisotopic (exact) mass is 345 g/mol. The van der Waals surface area contributed by atoms with Gasteiger partial charge in [-0.15, -0.1) is 0 Å². The van der Waals surface area contributed by atoms with Crippen LogP contribution >= 0.6 is 0 Å². The summed E-state index contributed by atoms with van der Waals surface area (Å²) >= 11 is 0. The van der Waals surface area contributed by atoms with Crippen molar-refractivity contribution in [1.29, 1.82) is 0 Å². The molecule has 1 atom stereocenters. The number of aromatic nitrogens is 4. The van der Waals surface area contributed by atoms with E-state index in [1.807, 2.05) is 29.6 Å². The number of hydrogen-bond acceptors (Lipinski definition) is 5. The minimum Gasteiger partial charge on any atom is -0.339 e. The fourth-order valence-corrected chi connectivity index (χ4v) is 3.16. The number of likely N-dealkylation sites (tertiary alicyclic amines) is 1. The number of nitrogens with zero attached hydrogens (tertiary/aromatic N) is 5. The molecule has 1 saturated heterocycles. The molecule has 7 heteroatoms. The van der Waals surface area contributed by atoms with Crippen molar-refractivity contribution in [3.05, 3.63) is 29.2 Å². The summed E-state index contributed by atoms with van der Waals surface area (Å²) in [4.78, 5) is 19.5. The van der Waals surface area contributed by atoms with E-state index in [4.69, 9.17) is 4.52 Å². The molecule has 136 valence electrons. The Morgan fingerprint density at radius 3 is 2.72 bits per heavy atom. The molecule has 1 aliphatic heterocycles. The molecule has 0 radical (unpaired) electrons. The zero-order chi connectivity index (χ0) is 18.2. The molecule has 3 heterocycles. The van der Waals surface area contributed by atoms with E-state index in [0.717, 1.165) is 25.0 Å². The highest BCUT2D eigenvalue weighted by molar-refractivity contribution is 5.95. The van der Waals surface area contributed by atoms with Crippen LogP contribution in [0.2, 0.25) is 0 Å². The van der Waals surface area contributed by atoms with Crippen molar-refractivity contribution in [2.45, 2.75) is 71.9 Å². The topological polar surface area (TPSA) is 77.1 Å². The van der Waals surface area contributed by atoms with Gasteiger partial charge in [-0.25, -0.2) is 0 Å². The molecule has 2 aromatic rings. The summed E-state index contributed by atoms with van der Waals surface area (Å²) in [7, 11) is 0. The number of carbonyl (C=O) groups excluding carboxylic acids is 1. The van der Waals surface area contributed by atoms with Crippen LogP contribution in [0.1, 0.15) is 80.8 Å². The maximum Gasteiger partial charge on any atom is 0.257 e. The lowest BCUT2D eigenvalue weighted by molar-refractivity contribution is 0.0596. The van der Waals surface area contributed by atoms with Crippen molar-refractivity contribution in [2.75, 3.05) is 6.54 Å². The number of hydrogen-bond donors (Lipinski definition) is 0. The van der Waals surface area contributed by atoms with Crippen LogP contribution in [0.25, 0.3) is 0 Å². The summed E-state index contributed by atoms with van der Waals surface area (Å²) < 4.78 is 7.12. The lowest BCUT2D eigenvalue weighted by Gasteiger charge is -2.33. The maximum atomic E-state index is 13.2. The summed E-state index contributed by atoms with van der Waals surface area (Å²) in [6, 6.07) is -0.123. The second-order valence-electron chi connectivity index (χ2n) is 7.65. The lowest BCUT2D eigenvalue weighted by atomic mass is 10.0. The minimum atomic E-state index is -0.158. The molecule has 7 nitrogen and oxygen atoms in total. The predicted octanol–water partition coefficient (Wildman–Crippen LogP) is 3.26. The Morgan fingerprint density at radius 1 is 1.36 bits per heavy atom. The van der Waals surface area contributed by atoms with Crippen LogP contribution in [0.4, 0.5) is 0 Å². The molecule has 25 heavy (non-hydrogen) atoms. The second-order valence-corrected chi connectivity index (χ2v) is 7.65. The molecule has 0 N–H and O–H groups in total. The molecule has 1 unspecified atom stereocenters. The van der Waals surface area contributed by atoms with E-state index < -0.39 is 0 Å². The van der Waals surface area contributed by atoms with Gasteiger partial charge in [0.2, 0.25) is 5.89 Å². The van der Waals surface area contributed by atoms with Crippen molar-refractivity contribution < 1.29 is 9.32 Å². The third-order valence-corrected chi connectivity index (χ3v) is 4.66. The molecule has 3 rings (SSSR count). The van der Waals surface area contributed by atoms with Gasteiger partial charge in [-0.3, -0.25) is 9.48 Å². The first-order valence-electron chi connectivity index (χ1n) is 9.01. The van der Waals surface area contributed by atoms with E-state index >= 15 is 0 Å². The second kappa shape index (κ2) is 6.61. The molecule has 1 amide bonds. The number of piperidine rings is 1. The molecule has 0 aliphatic carbocycles. The fraction of sp³-hybridized carbons (Fsp3) is 0.667. The van der Waals surface area contributed by atoms with E-state index in [-0.39, 0.29) is 17.5 Å².